The highest BCUT2D eigenvalue weighted by atomic mass is 32.2. The lowest BCUT2D eigenvalue weighted by Crippen LogP contribution is -2.22. The molecule has 2 aromatic carbocycles. The largest absolute Gasteiger partial charge is 0.493 e. The highest BCUT2D eigenvalue weighted by Crippen LogP contribution is 2.34. The summed E-state index contributed by atoms with van der Waals surface area (Å²) >= 11 is 6.44. The molecule has 0 aliphatic carbocycles. The molecule has 1 heterocycles. The van der Waals surface area contributed by atoms with Gasteiger partial charge in [0.15, 0.2) is 11.5 Å². The van der Waals surface area contributed by atoms with Crippen molar-refractivity contribution in [2.75, 3.05) is 27.4 Å². The number of hydrogen-bond acceptors (Lipinski definition) is 6. The second-order valence-electron chi connectivity index (χ2n) is 5.66. The molecule has 1 saturated heterocycles. The summed E-state index contributed by atoms with van der Waals surface area (Å²) in [5.74, 6) is 1.92. The standard InChI is InChI=1S/C20H19NO4S2/c1-21-19(22)18(27-20(21)26)13-14-8-9-16(17(12-14)23-2)25-11-10-24-15-6-4-3-5-7-15/h3-9,12-13H,10-11H2,1-2H3/b18-13+. The van der Waals surface area contributed by atoms with Gasteiger partial charge in [-0.05, 0) is 35.9 Å². The number of para-hydroxylation sites is 1. The Bertz CT molecular complexity index is 868. The number of nitrogens with zero attached hydrogens (tertiary/aromatic N) is 1. The molecule has 0 radical (unpaired) electrons. The molecule has 0 unspecified atom stereocenters. The van der Waals surface area contributed by atoms with Crippen molar-refractivity contribution < 1.29 is 19.0 Å². The van der Waals surface area contributed by atoms with Gasteiger partial charge in [0.05, 0.1) is 12.0 Å². The van der Waals surface area contributed by atoms with Crippen LogP contribution in [0.2, 0.25) is 0 Å². The number of amides is 1. The van der Waals surface area contributed by atoms with Crippen LogP contribution >= 0.6 is 24.0 Å². The number of likely N-dealkylation sites (N-methyl/N-ethyl adjacent to an activating group) is 1. The van der Waals surface area contributed by atoms with Gasteiger partial charge in [0.2, 0.25) is 0 Å². The minimum atomic E-state index is -0.0950. The number of thioether (sulfide) groups is 1. The summed E-state index contributed by atoms with van der Waals surface area (Å²) in [6.07, 6.45) is 1.80. The number of carbonyl (C=O) groups is 1. The summed E-state index contributed by atoms with van der Waals surface area (Å²) < 4.78 is 17.3. The maximum Gasteiger partial charge on any atom is 0.265 e. The van der Waals surface area contributed by atoms with Crippen molar-refractivity contribution >= 4 is 40.3 Å². The second-order valence-corrected chi connectivity index (χ2v) is 7.34. The molecule has 2 aromatic rings. The zero-order chi connectivity index (χ0) is 19.2. The number of hydrogen-bond donors (Lipinski definition) is 0. The summed E-state index contributed by atoms with van der Waals surface area (Å²) in [5, 5.41) is 0. The Kier molecular flexibility index (Phi) is 6.36. The fraction of sp³-hybridized carbons (Fsp3) is 0.200. The first kappa shape index (κ1) is 19.3. The third kappa shape index (κ3) is 4.81. The fourth-order valence-electron chi connectivity index (χ4n) is 2.42. The van der Waals surface area contributed by atoms with E-state index in [1.165, 1.54) is 16.7 Å². The second kappa shape index (κ2) is 8.92. The third-order valence-electron chi connectivity index (χ3n) is 3.82. The van der Waals surface area contributed by atoms with Crippen LogP contribution in [0.4, 0.5) is 0 Å². The Morgan fingerprint density at radius 3 is 2.48 bits per heavy atom. The predicted molar refractivity (Wildman–Crippen MR) is 111 cm³/mol. The Hall–Kier alpha value is -2.51. The molecule has 1 amide bonds. The molecule has 1 fully saturated rings. The zero-order valence-electron chi connectivity index (χ0n) is 15.0. The molecule has 7 heteroatoms. The average molecular weight is 402 g/mol. The predicted octanol–water partition coefficient (Wildman–Crippen LogP) is 3.98. The van der Waals surface area contributed by atoms with Crippen LogP contribution in [0.15, 0.2) is 53.4 Å². The summed E-state index contributed by atoms with van der Waals surface area (Å²) in [7, 11) is 3.26. The van der Waals surface area contributed by atoms with E-state index in [1.54, 1.807) is 20.2 Å². The van der Waals surface area contributed by atoms with E-state index in [-0.39, 0.29) is 5.91 Å². The molecule has 0 aromatic heterocycles. The maximum atomic E-state index is 12.1. The first-order valence-corrected chi connectivity index (χ1v) is 9.51. The van der Waals surface area contributed by atoms with Crippen molar-refractivity contribution in [2.24, 2.45) is 0 Å². The Morgan fingerprint density at radius 1 is 1.07 bits per heavy atom. The van der Waals surface area contributed by atoms with Gasteiger partial charge in [-0.1, -0.05) is 48.2 Å². The van der Waals surface area contributed by atoms with Crippen molar-refractivity contribution in [2.45, 2.75) is 0 Å². The van der Waals surface area contributed by atoms with Gasteiger partial charge in [0, 0.05) is 7.05 Å². The van der Waals surface area contributed by atoms with E-state index in [9.17, 15) is 4.79 Å². The number of thiocarbonyl (C=S) groups is 1. The molecular weight excluding hydrogens is 382 g/mol. The Labute approximate surface area is 167 Å². The topological polar surface area (TPSA) is 48.0 Å². The molecule has 5 nitrogen and oxygen atoms in total. The lowest BCUT2D eigenvalue weighted by Gasteiger charge is -2.12. The van der Waals surface area contributed by atoms with Gasteiger partial charge in [0.1, 0.15) is 23.3 Å². The van der Waals surface area contributed by atoms with Gasteiger partial charge in [-0.25, -0.2) is 0 Å². The molecule has 0 bridgehead atoms. The SMILES string of the molecule is COc1cc(/C=C2/SC(=S)N(C)C2=O)ccc1OCCOc1ccccc1. The van der Waals surface area contributed by atoms with Crippen LogP contribution in [0, 0.1) is 0 Å². The van der Waals surface area contributed by atoms with E-state index < -0.39 is 0 Å². The highest BCUT2D eigenvalue weighted by molar-refractivity contribution is 8.26. The van der Waals surface area contributed by atoms with Crippen LogP contribution in [0.1, 0.15) is 5.56 Å². The number of carbonyl (C=O) groups excluding carboxylic acids is 1. The van der Waals surface area contributed by atoms with Gasteiger partial charge in [0.25, 0.3) is 5.91 Å². The molecular formula is C20H19NO4S2. The molecule has 1 aliphatic rings. The van der Waals surface area contributed by atoms with Crippen LogP contribution in [-0.4, -0.2) is 42.5 Å². The van der Waals surface area contributed by atoms with Crippen LogP contribution in [0.3, 0.4) is 0 Å². The summed E-state index contributed by atoms with van der Waals surface area (Å²) in [4.78, 5) is 14.2. The number of methoxy groups -OCH3 is 1. The van der Waals surface area contributed by atoms with Crippen molar-refractivity contribution in [3.63, 3.8) is 0 Å². The quantitative estimate of drug-likeness (QED) is 0.397. The van der Waals surface area contributed by atoms with Crippen LogP contribution in [0.5, 0.6) is 17.2 Å². The smallest absolute Gasteiger partial charge is 0.265 e. The first-order chi connectivity index (χ1) is 13.1. The lowest BCUT2D eigenvalue weighted by molar-refractivity contribution is -0.121. The minimum absolute atomic E-state index is 0.0950. The van der Waals surface area contributed by atoms with E-state index in [0.29, 0.717) is 33.9 Å². The van der Waals surface area contributed by atoms with Crippen molar-refractivity contribution in [1.82, 2.24) is 4.90 Å². The molecule has 0 saturated carbocycles. The van der Waals surface area contributed by atoms with E-state index in [0.717, 1.165) is 11.3 Å². The number of rotatable bonds is 7. The van der Waals surface area contributed by atoms with Crippen LogP contribution in [0.25, 0.3) is 6.08 Å². The van der Waals surface area contributed by atoms with Gasteiger partial charge in [-0.3, -0.25) is 9.69 Å². The summed E-state index contributed by atoms with van der Waals surface area (Å²) in [5.41, 5.74) is 0.841. The molecule has 0 spiro atoms. The highest BCUT2D eigenvalue weighted by Gasteiger charge is 2.28. The maximum absolute atomic E-state index is 12.1. The van der Waals surface area contributed by atoms with Crippen LogP contribution < -0.4 is 14.2 Å². The molecule has 0 atom stereocenters. The average Bonchev–Trinajstić information content (AvgIpc) is 2.93. The normalized spacial score (nSPS) is 15.3. The fourth-order valence-corrected chi connectivity index (χ4v) is 3.60. The number of ether oxygens (including phenoxy) is 3. The zero-order valence-corrected chi connectivity index (χ0v) is 16.6. The van der Waals surface area contributed by atoms with E-state index >= 15 is 0 Å². The summed E-state index contributed by atoms with van der Waals surface area (Å²) in [6.45, 7) is 0.812. The minimum Gasteiger partial charge on any atom is -0.493 e. The Balaban J connectivity index is 1.62. The molecule has 140 valence electrons. The molecule has 1 aliphatic heterocycles. The molecule has 27 heavy (non-hydrogen) atoms. The lowest BCUT2D eigenvalue weighted by atomic mass is 10.2. The van der Waals surface area contributed by atoms with Crippen LogP contribution in [-0.2, 0) is 4.79 Å². The van der Waals surface area contributed by atoms with E-state index in [4.69, 9.17) is 26.4 Å². The number of benzene rings is 2. The Morgan fingerprint density at radius 2 is 1.81 bits per heavy atom. The molecule has 3 rings (SSSR count). The van der Waals surface area contributed by atoms with Crippen molar-refractivity contribution in [3.05, 3.63) is 59.0 Å². The van der Waals surface area contributed by atoms with E-state index in [1.807, 2.05) is 48.5 Å². The van der Waals surface area contributed by atoms with Crippen molar-refractivity contribution in [3.8, 4) is 17.2 Å². The third-order valence-corrected chi connectivity index (χ3v) is 5.31. The van der Waals surface area contributed by atoms with Gasteiger partial charge in [-0.2, -0.15) is 0 Å². The summed E-state index contributed by atoms with van der Waals surface area (Å²) in [6, 6.07) is 15.1. The van der Waals surface area contributed by atoms with Gasteiger partial charge >= 0.3 is 0 Å². The monoisotopic (exact) mass is 401 g/mol. The van der Waals surface area contributed by atoms with Crippen molar-refractivity contribution in [1.29, 1.82) is 0 Å². The van der Waals surface area contributed by atoms with E-state index in [2.05, 4.69) is 0 Å². The first-order valence-electron chi connectivity index (χ1n) is 8.28. The van der Waals surface area contributed by atoms with Gasteiger partial charge in [-0.15, -0.1) is 0 Å². The van der Waals surface area contributed by atoms with Gasteiger partial charge < -0.3 is 14.2 Å². The molecule has 0 N–H and O–H groups in total.